The van der Waals surface area contributed by atoms with Crippen molar-refractivity contribution in [3.8, 4) is 5.75 Å². The summed E-state index contributed by atoms with van der Waals surface area (Å²) in [5.74, 6) is 2.54. The van der Waals surface area contributed by atoms with Gasteiger partial charge >= 0.3 is 5.97 Å². The first-order valence-electron chi connectivity index (χ1n) is 8.30. The summed E-state index contributed by atoms with van der Waals surface area (Å²) in [7, 11) is 0. The minimum atomic E-state index is -0.995. The molecule has 0 spiro atoms. The van der Waals surface area contributed by atoms with Crippen molar-refractivity contribution in [2.45, 2.75) is 43.9 Å². The number of ether oxygens (including phenoxy) is 1. The standard InChI is InChI=1S/C19H22O3/c20-18(21)5-6-22-17-3-1-16(2-4-17)19-10-13-7-14(11-19)9-15(8-13)12-19/h1-6,13-15H,7-12H2,(H,20,21)/b6-5+. The lowest BCUT2D eigenvalue weighted by atomic mass is 9.48. The molecule has 0 unspecified atom stereocenters. The van der Waals surface area contributed by atoms with Crippen LogP contribution in [0.25, 0.3) is 0 Å². The van der Waals surface area contributed by atoms with Crippen molar-refractivity contribution in [2.75, 3.05) is 0 Å². The Hall–Kier alpha value is -1.77. The molecule has 3 nitrogen and oxygen atoms in total. The third-order valence-corrected chi connectivity index (χ3v) is 5.92. The maximum absolute atomic E-state index is 10.4. The van der Waals surface area contributed by atoms with Crippen molar-refractivity contribution >= 4 is 5.97 Å². The van der Waals surface area contributed by atoms with Gasteiger partial charge in [0.2, 0.25) is 0 Å². The van der Waals surface area contributed by atoms with Gasteiger partial charge < -0.3 is 9.84 Å². The van der Waals surface area contributed by atoms with E-state index in [1.54, 1.807) is 0 Å². The summed E-state index contributed by atoms with van der Waals surface area (Å²) in [6.45, 7) is 0. The van der Waals surface area contributed by atoms with Gasteiger partial charge in [0.05, 0.1) is 12.3 Å². The van der Waals surface area contributed by atoms with Crippen LogP contribution in [0.3, 0.4) is 0 Å². The van der Waals surface area contributed by atoms with Gasteiger partial charge in [-0.1, -0.05) is 12.1 Å². The highest BCUT2D eigenvalue weighted by Gasteiger charge is 2.51. The third kappa shape index (κ3) is 2.43. The highest BCUT2D eigenvalue weighted by Crippen LogP contribution is 2.60. The molecule has 0 radical (unpaired) electrons. The van der Waals surface area contributed by atoms with Crippen molar-refractivity contribution < 1.29 is 14.6 Å². The van der Waals surface area contributed by atoms with Gasteiger partial charge in [-0.25, -0.2) is 4.79 Å². The molecule has 22 heavy (non-hydrogen) atoms. The van der Waals surface area contributed by atoms with Crippen LogP contribution in [0.15, 0.2) is 36.6 Å². The quantitative estimate of drug-likeness (QED) is 0.671. The van der Waals surface area contributed by atoms with Gasteiger partial charge in [-0.3, -0.25) is 0 Å². The molecule has 1 aromatic rings. The van der Waals surface area contributed by atoms with Gasteiger partial charge in [-0.2, -0.15) is 0 Å². The van der Waals surface area contributed by atoms with Crippen LogP contribution < -0.4 is 4.74 Å². The van der Waals surface area contributed by atoms with Crippen LogP contribution in [-0.2, 0) is 10.2 Å². The molecule has 4 aliphatic carbocycles. The van der Waals surface area contributed by atoms with Crippen molar-refractivity contribution in [1.82, 2.24) is 0 Å². The molecule has 0 aliphatic heterocycles. The number of carboxylic acid groups (broad SMARTS) is 1. The molecule has 4 saturated carbocycles. The van der Waals surface area contributed by atoms with Gasteiger partial charge in [0.15, 0.2) is 0 Å². The number of benzene rings is 1. The molecule has 0 atom stereocenters. The van der Waals surface area contributed by atoms with Gasteiger partial charge in [0.1, 0.15) is 5.75 Å². The fourth-order valence-electron chi connectivity index (χ4n) is 5.52. The molecule has 4 aliphatic rings. The molecule has 116 valence electrons. The van der Waals surface area contributed by atoms with Gasteiger partial charge in [-0.05, 0) is 79.4 Å². The first-order chi connectivity index (χ1) is 10.6. The molecule has 1 N–H and O–H groups in total. The zero-order chi connectivity index (χ0) is 15.2. The second kappa shape index (κ2) is 5.15. The average Bonchev–Trinajstić information content (AvgIpc) is 2.46. The van der Waals surface area contributed by atoms with Gasteiger partial charge in [-0.15, -0.1) is 0 Å². The van der Waals surface area contributed by atoms with Crippen LogP contribution >= 0.6 is 0 Å². The minimum Gasteiger partial charge on any atom is -0.478 e. The van der Waals surface area contributed by atoms with E-state index >= 15 is 0 Å². The van der Waals surface area contributed by atoms with Crippen LogP contribution in [0.4, 0.5) is 0 Å². The van der Waals surface area contributed by atoms with E-state index in [-0.39, 0.29) is 0 Å². The molecule has 1 aromatic carbocycles. The van der Waals surface area contributed by atoms with E-state index in [0.29, 0.717) is 11.2 Å². The second-order valence-electron chi connectivity index (χ2n) is 7.48. The predicted octanol–water partition coefficient (Wildman–Crippen LogP) is 4.13. The van der Waals surface area contributed by atoms with Gasteiger partial charge in [0, 0.05) is 0 Å². The Kier molecular flexibility index (Phi) is 3.24. The summed E-state index contributed by atoms with van der Waals surface area (Å²) >= 11 is 0. The second-order valence-corrected chi connectivity index (χ2v) is 7.48. The summed E-state index contributed by atoms with van der Waals surface area (Å²) in [4.78, 5) is 10.4. The molecule has 0 amide bonds. The van der Waals surface area contributed by atoms with E-state index in [9.17, 15) is 4.79 Å². The Balaban J connectivity index is 1.52. The maximum atomic E-state index is 10.4. The molecule has 0 aromatic heterocycles. The zero-order valence-electron chi connectivity index (χ0n) is 12.7. The van der Waals surface area contributed by atoms with Crippen LogP contribution in [0.1, 0.15) is 44.1 Å². The Morgan fingerprint density at radius 1 is 1.05 bits per heavy atom. The van der Waals surface area contributed by atoms with Crippen LogP contribution in [-0.4, -0.2) is 11.1 Å². The lowest BCUT2D eigenvalue weighted by Gasteiger charge is -2.57. The third-order valence-electron chi connectivity index (χ3n) is 5.92. The summed E-state index contributed by atoms with van der Waals surface area (Å²) in [5.41, 5.74) is 1.87. The van der Waals surface area contributed by atoms with Crippen LogP contribution in [0.5, 0.6) is 5.75 Å². The molecule has 4 fully saturated rings. The van der Waals surface area contributed by atoms with Crippen molar-refractivity contribution in [3.05, 3.63) is 42.2 Å². The summed E-state index contributed by atoms with van der Waals surface area (Å²) < 4.78 is 5.33. The molecule has 4 bridgehead atoms. The Morgan fingerprint density at radius 2 is 1.59 bits per heavy atom. The SMILES string of the molecule is O=C(O)/C=C/Oc1ccc(C23CC4CC(CC(C4)C2)C3)cc1. The molecule has 0 heterocycles. The van der Waals surface area contributed by atoms with Crippen molar-refractivity contribution in [3.63, 3.8) is 0 Å². The number of hydrogen-bond acceptors (Lipinski definition) is 2. The highest BCUT2D eigenvalue weighted by atomic mass is 16.5. The topological polar surface area (TPSA) is 46.5 Å². The van der Waals surface area contributed by atoms with Crippen LogP contribution in [0, 0.1) is 17.8 Å². The summed E-state index contributed by atoms with van der Waals surface area (Å²) in [6.07, 6.45) is 10.7. The number of carbonyl (C=O) groups is 1. The number of rotatable bonds is 4. The minimum absolute atomic E-state index is 0.407. The lowest BCUT2D eigenvalue weighted by molar-refractivity contribution is -0.131. The molecular formula is C19H22O3. The number of aliphatic carboxylic acids is 1. The smallest absolute Gasteiger partial charge is 0.331 e. The normalized spacial score (nSPS) is 35.9. The molecule has 0 saturated heterocycles. The van der Waals surface area contributed by atoms with Crippen LogP contribution in [0.2, 0.25) is 0 Å². The van der Waals surface area contributed by atoms with E-state index in [1.807, 2.05) is 12.1 Å². The highest BCUT2D eigenvalue weighted by molar-refractivity contribution is 5.79. The molecule has 3 heteroatoms. The summed E-state index contributed by atoms with van der Waals surface area (Å²) in [5, 5.41) is 8.56. The largest absolute Gasteiger partial charge is 0.478 e. The van der Waals surface area contributed by atoms with E-state index in [4.69, 9.17) is 9.84 Å². The first-order valence-corrected chi connectivity index (χ1v) is 8.30. The zero-order valence-corrected chi connectivity index (χ0v) is 12.7. The maximum Gasteiger partial charge on any atom is 0.331 e. The molecular weight excluding hydrogens is 276 g/mol. The Bertz CT molecular complexity index is 564. The lowest BCUT2D eigenvalue weighted by Crippen LogP contribution is -2.48. The monoisotopic (exact) mass is 298 g/mol. The van der Waals surface area contributed by atoms with Crippen molar-refractivity contribution in [2.24, 2.45) is 17.8 Å². The Morgan fingerprint density at radius 3 is 2.09 bits per heavy atom. The first kappa shape index (κ1) is 13.9. The number of hydrogen-bond donors (Lipinski definition) is 1. The van der Waals surface area contributed by atoms with Gasteiger partial charge in [0.25, 0.3) is 0 Å². The Labute approximate surface area is 131 Å². The average molecular weight is 298 g/mol. The number of carboxylic acids is 1. The van der Waals surface area contributed by atoms with E-state index in [2.05, 4.69) is 12.1 Å². The molecule has 5 rings (SSSR count). The van der Waals surface area contributed by atoms with E-state index in [0.717, 1.165) is 23.8 Å². The van der Waals surface area contributed by atoms with E-state index in [1.165, 1.54) is 50.4 Å². The van der Waals surface area contributed by atoms with Crippen molar-refractivity contribution in [1.29, 1.82) is 0 Å². The fraction of sp³-hybridized carbons (Fsp3) is 0.526. The van der Waals surface area contributed by atoms with E-state index < -0.39 is 5.97 Å². The fourth-order valence-corrected chi connectivity index (χ4v) is 5.52. The predicted molar refractivity (Wildman–Crippen MR) is 83.7 cm³/mol. The summed E-state index contributed by atoms with van der Waals surface area (Å²) in [6, 6.07) is 8.33.